The van der Waals surface area contributed by atoms with Crippen molar-refractivity contribution in [1.29, 1.82) is 0 Å². The Balaban J connectivity index is 1.42. The summed E-state index contributed by atoms with van der Waals surface area (Å²) in [5, 5.41) is 28.5. The molecule has 2 atom stereocenters. The number of nitro benzene ring substituents is 2. The first-order valence-electron chi connectivity index (χ1n) is 13.4. The van der Waals surface area contributed by atoms with E-state index >= 15 is 0 Å². The fourth-order valence-corrected chi connectivity index (χ4v) is 7.94. The van der Waals surface area contributed by atoms with Gasteiger partial charge in [-0.25, -0.2) is 8.42 Å². The number of nitrogens with one attached hydrogen (secondary N) is 1. The van der Waals surface area contributed by atoms with Crippen molar-refractivity contribution in [3.63, 3.8) is 0 Å². The first-order valence-corrected chi connectivity index (χ1v) is 15.7. The van der Waals surface area contributed by atoms with E-state index in [0.717, 1.165) is 21.9 Å². The van der Waals surface area contributed by atoms with E-state index in [0.29, 0.717) is 35.8 Å². The molecule has 4 aromatic rings. The van der Waals surface area contributed by atoms with Crippen LogP contribution in [0.4, 0.5) is 17.1 Å². The minimum absolute atomic E-state index is 0.0535. The molecule has 0 unspecified atom stereocenters. The molecule has 0 bridgehead atoms. The molecule has 0 saturated carbocycles. The SMILES string of the molecule is C[C@@H]1CCN(S(=O)(=O)c2cc([N+](=O)[O-])ccc2N/N=C\c2ccc(Sc3cccc4cccnc34)c([N+](=O)[O-])c2)[C@H](C)C1. The molecule has 1 N–H and O–H groups in total. The second-order valence-corrected chi connectivity index (χ2v) is 13.3. The predicted molar refractivity (Wildman–Crippen MR) is 165 cm³/mol. The van der Waals surface area contributed by atoms with Crippen LogP contribution in [0.3, 0.4) is 0 Å². The third kappa shape index (κ3) is 6.50. The third-order valence-electron chi connectivity index (χ3n) is 7.23. The van der Waals surface area contributed by atoms with Crippen molar-refractivity contribution in [3.05, 3.63) is 98.7 Å². The topological polar surface area (TPSA) is 161 Å². The van der Waals surface area contributed by atoms with Crippen LogP contribution in [0.2, 0.25) is 0 Å². The number of hydrogen-bond acceptors (Lipinski definition) is 10. The molecular formula is C29H28N6O6S2. The molecule has 43 heavy (non-hydrogen) atoms. The Hall–Kier alpha value is -4.40. The highest BCUT2D eigenvalue weighted by Crippen LogP contribution is 2.38. The number of para-hydroxylation sites is 1. The highest BCUT2D eigenvalue weighted by atomic mass is 32.2. The van der Waals surface area contributed by atoms with Crippen LogP contribution in [0.1, 0.15) is 32.3 Å². The molecule has 1 aliphatic heterocycles. The van der Waals surface area contributed by atoms with Gasteiger partial charge >= 0.3 is 0 Å². The van der Waals surface area contributed by atoms with Gasteiger partial charge in [0.2, 0.25) is 10.0 Å². The van der Waals surface area contributed by atoms with E-state index in [1.54, 1.807) is 18.3 Å². The summed E-state index contributed by atoms with van der Waals surface area (Å²) < 4.78 is 28.7. The molecule has 12 nitrogen and oxygen atoms in total. The van der Waals surface area contributed by atoms with Gasteiger partial charge in [0.05, 0.1) is 32.2 Å². The Bertz CT molecular complexity index is 1840. The molecule has 3 aromatic carbocycles. The highest BCUT2D eigenvalue weighted by Gasteiger charge is 2.35. The van der Waals surface area contributed by atoms with Crippen molar-refractivity contribution in [2.24, 2.45) is 11.0 Å². The van der Waals surface area contributed by atoms with Crippen molar-refractivity contribution >= 4 is 56.0 Å². The number of pyridine rings is 1. The number of rotatable bonds is 9. The quantitative estimate of drug-likeness (QED) is 0.126. The number of hydrogen-bond donors (Lipinski definition) is 1. The maximum atomic E-state index is 13.7. The molecule has 1 aliphatic rings. The summed E-state index contributed by atoms with van der Waals surface area (Å²) in [5.41, 5.74) is 3.37. The van der Waals surface area contributed by atoms with Crippen molar-refractivity contribution in [1.82, 2.24) is 9.29 Å². The number of benzene rings is 3. The molecule has 14 heteroatoms. The van der Waals surface area contributed by atoms with Crippen molar-refractivity contribution in [2.75, 3.05) is 12.0 Å². The number of nitrogens with zero attached hydrogens (tertiary/aromatic N) is 5. The highest BCUT2D eigenvalue weighted by molar-refractivity contribution is 7.99. The monoisotopic (exact) mass is 620 g/mol. The van der Waals surface area contributed by atoms with Gasteiger partial charge in [-0.3, -0.25) is 30.6 Å². The molecule has 1 fully saturated rings. The Labute approximate surface area is 252 Å². The summed E-state index contributed by atoms with van der Waals surface area (Å²) in [6, 6.07) is 17.3. The molecule has 5 rings (SSSR count). The van der Waals surface area contributed by atoms with E-state index in [1.807, 2.05) is 37.3 Å². The van der Waals surface area contributed by atoms with Crippen LogP contribution in [0.15, 0.2) is 92.7 Å². The number of non-ortho nitro benzene ring substituents is 1. The van der Waals surface area contributed by atoms with Gasteiger partial charge in [0, 0.05) is 52.8 Å². The van der Waals surface area contributed by atoms with E-state index in [-0.39, 0.29) is 28.0 Å². The maximum Gasteiger partial charge on any atom is 0.283 e. The van der Waals surface area contributed by atoms with Crippen LogP contribution in [0, 0.1) is 26.1 Å². The lowest BCUT2D eigenvalue weighted by atomic mass is 9.95. The van der Waals surface area contributed by atoms with Crippen LogP contribution >= 0.6 is 11.8 Å². The second-order valence-electron chi connectivity index (χ2n) is 10.3. The van der Waals surface area contributed by atoms with Crippen LogP contribution in [-0.4, -0.2) is 46.4 Å². The fraction of sp³-hybridized carbons (Fsp3) is 0.241. The first-order chi connectivity index (χ1) is 20.5. The van der Waals surface area contributed by atoms with Gasteiger partial charge in [-0.1, -0.05) is 43.0 Å². The van der Waals surface area contributed by atoms with Gasteiger partial charge in [-0.15, -0.1) is 0 Å². The number of fused-ring (bicyclic) bond motifs is 1. The van der Waals surface area contributed by atoms with Crippen molar-refractivity contribution in [2.45, 2.75) is 47.4 Å². The number of aromatic nitrogens is 1. The van der Waals surface area contributed by atoms with Crippen LogP contribution in [0.25, 0.3) is 10.9 Å². The van der Waals surface area contributed by atoms with Crippen LogP contribution in [-0.2, 0) is 10.0 Å². The predicted octanol–water partition coefficient (Wildman–Crippen LogP) is 6.46. The number of hydrazone groups is 1. The lowest BCUT2D eigenvalue weighted by molar-refractivity contribution is -0.387. The molecule has 1 aromatic heterocycles. The maximum absolute atomic E-state index is 13.7. The zero-order chi connectivity index (χ0) is 30.7. The Kier molecular flexibility index (Phi) is 8.71. The number of piperidine rings is 1. The molecule has 0 amide bonds. The molecule has 1 saturated heterocycles. The van der Waals surface area contributed by atoms with E-state index in [1.165, 1.54) is 40.5 Å². The van der Waals surface area contributed by atoms with Crippen LogP contribution < -0.4 is 5.43 Å². The van der Waals surface area contributed by atoms with Gasteiger partial charge in [0.1, 0.15) is 4.90 Å². The standard InChI is InChI=1S/C29H28N6O6S2/c1-19-12-14-33(20(2)15-19)43(40,41)28-17-23(34(36)37)9-10-24(28)32-31-18-21-8-11-26(25(16-21)35(38)39)42-27-7-3-5-22-6-4-13-30-29(22)27/h3-11,13,16-20,32H,12,14-15H2,1-2H3/b31-18-/t19-,20-/m1/s1. The zero-order valence-corrected chi connectivity index (χ0v) is 24.9. The van der Waals surface area contributed by atoms with E-state index in [9.17, 15) is 28.6 Å². The molecule has 0 aliphatic carbocycles. The number of sulfonamides is 1. The van der Waals surface area contributed by atoms with Gasteiger partial charge in [-0.05, 0) is 49.9 Å². The normalized spacial score (nSPS) is 17.7. The minimum Gasteiger partial charge on any atom is -0.277 e. The van der Waals surface area contributed by atoms with E-state index in [4.69, 9.17) is 0 Å². The fourth-order valence-electron chi connectivity index (χ4n) is 5.10. The van der Waals surface area contributed by atoms with Gasteiger partial charge in [-0.2, -0.15) is 9.41 Å². The largest absolute Gasteiger partial charge is 0.283 e. The summed E-state index contributed by atoms with van der Waals surface area (Å²) in [5.74, 6) is 0.367. The van der Waals surface area contributed by atoms with E-state index in [2.05, 4.69) is 22.4 Å². The van der Waals surface area contributed by atoms with Gasteiger partial charge < -0.3 is 0 Å². The average molecular weight is 621 g/mol. The first kappa shape index (κ1) is 30.1. The zero-order valence-electron chi connectivity index (χ0n) is 23.3. The second kappa shape index (κ2) is 12.5. The molecule has 0 radical (unpaired) electrons. The number of anilines is 1. The number of nitro groups is 2. The summed E-state index contributed by atoms with van der Waals surface area (Å²) in [4.78, 5) is 27.6. The Morgan fingerprint density at radius 3 is 2.56 bits per heavy atom. The molecule has 2 heterocycles. The lowest BCUT2D eigenvalue weighted by Gasteiger charge is -2.35. The van der Waals surface area contributed by atoms with Gasteiger partial charge in [0.25, 0.3) is 11.4 Å². The van der Waals surface area contributed by atoms with Crippen LogP contribution in [0.5, 0.6) is 0 Å². The third-order valence-corrected chi connectivity index (χ3v) is 10.4. The summed E-state index contributed by atoms with van der Waals surface area (Å²) in [7, 11) is -4.09. The lowest BCUT2D eigenvalue weighted by Crippen LogP contribution is -2.44. The molecule has 222 valence electrons. The average Bonchev–Trinajstić information content (AvgIpc) is 2.97. The summed E-state index contributed by atoms with van der Waals surface area (Å²) >= 11 is 1.23. The summed E-state index contributed by atoms with van der Waals surface area (Å²) in [6.07, 6.45) is 4.36. The molecule has 0 spiro atoms. The Morgan fingerprint density at radius 1 is 1.02 bits per heavy atom. The van der Waals surface area contributed by atoms with Crippen molar-refractivity contribution < 1.29 is 18.3 Å². The smallest absolute Gasteiger partial charge is 0.277 e. The summed E-state index contributed by atoms with van der Waals surface area (Å²) in [6.45, 7) is 4.19. The van der Waals surface area contributed by atoms with Crippen molar-refractivity contribution in [3.8, 4) is 0 Å². The van der Waals surface area contributed by atoms with Gasteiger partial charge in [0.15, 0.2) is 0 Å². The minimum atomic E-state index is -4.09. The molecular weight excluding hydrogens is 592 g/mol. The van der Waals surface area contributed by atoms with E-state index < -0.39 is 19.9 Å². The Morgan fingerprint density at radius 2 is 1.81 bits per heavy atom.